The minimum atomic E-state index is -0.691. The molecule has 1 saturated heterocycles. The number of para-hydroxylation sites is 1. The van der Waals surface area contributed by atoms with E-state index in [1.54, 1.807) is 18.2 Å². The summed E-state index contributed by atoms with van der Waals surface area (Å²) in [6, 6.07) is 14.8. The first kappa shape index (κ1) is 25.4. The van der Waals surface area contributed by atoms with Crippen LogP contribution in [0.5, 0.6) is 5.75 Å². The fraction of sp³-hybridized carbons (Fsp3) is 0.250. The Hall–Kier alpha value is -3.84. The van der Waals surface area contributed by atoms with Gasteiger partial charge >= 0.3 is 0 Å². The maximum absolute atomic E-state index is 13.9. The number of hydrogen-bond donors (Lipinski definition) is 1. The van der Waals surface area contributed by atoms with Crippen LogP contribution < -0.4 is 0 Å². The summed E-state index contributed by atoms with van der Waals surface area (Å²) >= 11 is 3.24. The van der Waals surface area contributed by atoms with E-state index in [4.69, 9.17) is 0 Å². The number of allylic oxidation sites excluding steroid dienone is 7. The van der Waals surface area contributed by atoms with Gasteiger partial charge in [0, 0.05) is 28.7 Å². The molecule has 0 bridgehead atoms. The molecule has 2 amide bonds. The van der Waals surface area contributed by atoms with Crippen molar-refractivity contribution in [1.82, 2.24) is 4.90 Å². The number of carbonyl (C=O) groups is 4. The standard InChI is InChI=1S/C32H26BrNO5/c1-2-7-18-10-6-11-20(29(18)36)26-19-12-13-21-27(22(19)14-23-28(26)25(35)15-24(33)30(23)37)32(39)34(31(21)38)16-17-8-4-3-5-9-17/h2-6,8-12,15,21-22,26-27,36H,1,7,13-14,16H2. The lowest BCUT2D eigenvalue weighted by Crippen LogP contribution is -2.39. The number of fused-ring (bicyclic) bond motifs is 3. The highest BCUT2D eigenvalue weighted by molar-refractivity contribution is 9.12. The lowest BCUT2D eigenvalue weighted by molar-refractivity contribution is -0.140. The van der Waals surface area contributed by atoms with E-state index in [0.29, 0.717) is 35.1 Å². The third-order valence-corrected chi connectivity index (χ3v) is 9.02. The van der Waals surface area contributed by atoms with Crippen molar-refractivity contribution in [2.75, 3.05) is 0 Å². The summed E-state index contributed by atoms with van der Waals surface area (Å²) in [5.74, 6) is -3.29. The predicted molar refractivity (Wildman–Crippen MR) is 149 cm³/mol. The van der Waals surface area contributed by atoms with Crippen molar-refractivity contribution in [2.45, 2.75) is 31.7 Å². The number of nitrogens with zero attached hydrogens (tertiary/aromatic N) is 1. The highest BCUT2D eigenvalue weighted by atomic mass is 79.9. The Balaban J connectivity index is 1.47. The Bertz CT molecular complexity index is 1550. The van der Waals surface area contributed by atoms with E-state index < -0.39 is 23.7 Å². The minimum Gasteiger partial charge on any atom is -0.507 e. The molecular formula is C32H26BrNO5. The number of Topliss-reactive ketones (excluding diaryl/α,β-unsaturated/α-hetero) is 1. The number of phenolic OH excluding ortho intramolecular Hbond substituents is 1. The second-order valence-electron chi connectivity index (χ2n) is 10.5. The summed E-state index contributed by atoms with van der Waals surface area (Å²) in [4.78, 5) is 55.4. The summed E-state index contributed by atoms with van der Waals surface area (Å²) in [5.41, 5.74) is 3.54. The van der Waals surface area contributed by atoms with Crippen molar-refractivity contribution in [3.05, 3.63) is 111 Å². The number of imide groups is 1. The van der Waals surface area contributed by atoms with Crippen LogP contribution in [-0.4, -0.2) is 33.4 Å². The second-order valence-corrected chi connectivity index (χ2v) is 11.3. The zero-order valence-corrected chi connectivity index (χ0v) is 22.7. The van der Waals surface area contributed by atoms with Crippen molar-refractivity contribution in [2.24, 2.45) is 17.8 Å². The summed E-state index contributed by atoms with van der Waals surface area (Å²) < 4.78 is 0.175. The molecular weight excluding hydrogens is 558 g/mol. The smallest absolute Gasteiger partial charge is 0.234 e. The topological polar surface area (TPSA) is 91.8 Å². The van der Waals surface area contributed by atoms with E-state index in [0.717, 1.165) is 11.1 Å². The SMILES string of the molecule is C=CCc1cccc(C2C3=CCC4C(=O)N(Cc5ccccc5)C(=O)C4C3CC3=C2C(=O)C=C(Br)C3=O)c1O. The zero-order valence-electron chi connectivity index (χ0n) is 21.1. The first-order valence-electron chi connectivity index (χ1n) is 13.0. The number of likely N-dealkylation sites (tertiary alicyclic amines) is 1. The Morgan fingerprint density at radius 1 is 1.00 bits per heavy atom. The predicted octanol–water partition coefficient (Wildman–Crippen LogP) is 5.08. The lowest BCUT2D eigenvalue weighted by atomic mass is 9.59. The number of rotatable bonds is 5. The molecule has 1 N–H and O–H groups in total. The van der Waals surface area contributed by atoms with Gasteiger partial charge in [-0.15, -0.1) is 6.58 Å². The number of hydrogen-bond acceptors (Lipinski definition) is 5. The van der Waals surface area contributed by atoms with Crippen LogP contribution in [0.4, 0.5) is 0 Å². The quantitative estimate of drug-likeness (QED) is 0.301. The summed E-state index contributed by atoms with van der Waals surface area (Å²) in [7, 11) is 0. The minimum absolute atomic E-state index is 0.0475. The lowest BCUT2D eigenvalue weighted by Gasteiger charge is -2.42. The summed E-state index contributed by atoms with van der Waals surface area (Å²) in [5, 5.41) is 11.3. The largest absolute Gasteiger partial charge is 0.507 e. The molecule has 6 rings (SSSR count). The summed E-state index contributed by atoms with van der Waals surface area (Å²) in [6.07, 6.45) is 5.93. The number of halogens is 1. The van der Waals surface area contributed by atoms with Gasteiger partial charge in [-0.2, -0.15) is 0 Å². The zero-order chi connectivity index (χ0) is 27.4. The Morgan fingerprint density at radius 3 is 2.51 bits per heavy atom. The molecule has 1 aliphatic heterocycles. The molecule has 2 aromatic rings. The van der Waals surface area contributed by atoms with Crippen molar-refractivity contribution in [1.29, 1.82) is 0 Å². The number of ketones is 2. The molecule has 0 radical (unpaired) electrons. The number of carbonyl (C=O) groups excluding carboxylic acids is 4. The molecule has 7 heteroatoms. The van der Waals surface area contributed by atoms with Crippen LogP contribution in [0.3, 0.4) is 0 Å². The monoisotopic (exact) mass is 583 g/mol. The van der Waals surface area contributed by atoms with Gasteiger partial charge in [0.15, 0.2) is 11.6 Å². The van der Waals surface area contributed by atoms with Gasteiger partial charge in [-0.05, 0) is 52.2 Å². The van der Waals surface area contributed by atoms with E-state index in [-0.39, 0.29) is 46.6 Å². The summed E-state index contributed by atoms with van der Waals surface area (Å²) in [6.45, 7) is 3.97. The fourth-order valence-electron chi connectivity index (χ4n) is 6.71. The molecule has 1 heterocycles. The van der Waals surface area contributed by atoms with E-state index in [9.17, 15) is 24.3 Å². The van der Waals surface area contributed by atoms with Gasteiger partial charge in [0.1, 0.15) is 5.75 Å². The number of amides is 2. The van der Waals surface area contributed by atoms with Crippen LogP contribution in [0, 0.1) is 17.8 Å². The van der Waals surface area contributed by atoms with Gasteiger partial charge in [0.2, 0.25) is 11.8 Å². The molecule has 0 spiro atoms. The third-order valence-electron chi connectivity index (χ3n) is 8.43. The Labute approximate surface area is 234 Å². The highest BCUT2D eigenvalue weighted by Crippen LogP contribution is 2.56. The average Bonchev–Trinajstić information content (AvgIpc) is 3.17. The molecule has 0 saturated carbocycles. The second kappa shape index (κ2) is 9.72. The molecule has 4 unspecified atom stereocenters. The molecule has 6 nitrogen and oxygen atoms in total. The number of phenols is 1. The van der Waals surface area contributed by atoms with Crippen molar-refractivity contribution >= 4 is 39.3 Å². The van der Waals surface area contributed by atoms with Crippen LogP contribution in [0.1, 0.15) is 35.4 Å². The van der Waals surface area contributed by atoms with Gasteiger partial charge in [-0.1, -0.05) is 66.3 Å². The van der Waals surface area contributed by atoms with Gasteiger partial charge in [0.25, 0.3) is 0 Å². The normalized spacial score (nSPS) is 26.1. The maximum atomic E-state index is 13.9. The van der Waals surface area contributed by atoms with Crippen molar-refractivity contribution < 1.29 is 24.3 Å². The molecule has 0 aromatic heterocycles. The van der Waals surface area contributed by atoms with Crippen LogP contribution in [0.15, 0.2) is 94.5 Å². The molecule has 3 aliphatic carbocycles. The number of benzene rings is 2. The molecule has 1 fully saturated rings. The van der Waals surface area contributed by atoms with E-state index in [1.807, 2.05) is 42.5 Å². The van der Waals surface area contributed by atoms with E-state index in [2.05, 4.69) is 22.5 Å². The Kier molecular flexibility index (Phi) is 6.34. The first-order chi connectivity index (χ1) is 18.8. The highest BCUT2D eigenvalue weighted by Gasteiger charge is 2.56. The van der Waals surface area contributed by atoms with Crippen LogP contribution in [0.25, 0.3) is 0 Å². The van der Waals surface area contributed by atoms with Crippen LogP contribution >= 0.6 is 15.9 Å². The third kappa shape index (κ3) is 3.98. The Morgan fingerprint density at radius 2 is 1.77 bits per heavy atom. The molecule has 2 aromatic carbocycles. The maximum Gasteiger partial charge on any atom is 0.234 e. The molecule has 4 atom stereocenters. The van der Waals surface area contributed by atoms with Crippen LogP contribution in [0.2, 0.25) is 0 Å². The van der Waals surface area contributed by atoms with Crippen LogP contribution in [-0.2, 0) is 32.1 Å². The average molecular weight is 584 g/mol. The first-order valence-corrected chi connectivity index (χ1v) is 13.8. The fourth-order valence-corrected chi connectivity index (χ4v) is 7.16. The molecule has 39 heavy (non-hydrogen) atoms. The molecule has 196 valence electrons. The van der Waals surface area contributed by atoms with Gasteiger partial charge in [-0.3, -0.25) is 24.1 Å². The van der Waals surface area contributed by atoms with Gasteiger partial charge in [0.05, 0.1) is 22.9 Å². The molecule has 4 aliphatic rings. The van der Waals surface area contributed by atoms with E-state index >= 15 is 0 Å². The number of aromatic hydroxyl groups is 1. The van der Waals surface area contributed by atoms with E-state index in [1.165, 1.54) is 11.0 Å². The van der Waals surface area contributed by atoms with Crippen molar-refractivity contribution in [3.8, 4) is 5.75 Å². The van der Waals surface area contributed by atoms with Crippen molar-refractivity contribution in [3.63, 3.8) is 0 Å². The van der Waals surface area contributed by atoms with Gasteiger partial charge < -0.3 is 5.11 Å². The van der Waals surface area contributed by atoms with Gasteiger partial charge in [-0.25, -0.2) is 0 Å².